The number of hydrogen-bond acceptors (Lipinski definition) is 4. The molecule has 0 saturated heterocycles. The zero-order valence-electron chi connectivity index (χ0n) is 16.4. The summed E-state index contributed by atoms with van der Waals surface area (Å²) in [5.74, 6) is 1.48. The molecule has 5 heteroatoms. The van der Waals surface area contributed by atoms with Gasteiger partial charge >= 0.3 is 0 Å². The number of fused-ring (bicyclic) bond motifs is 1. The predicted octanol–water partition coefficient (Wildman–Crippen LogP) is 4.96. The fraction of sp³-hybridized carbons (Fsp3) is 0.125. The zero-order chi connectivity index (χ0) is 20.4. The number of carbonyl (C=O) groups excluding carboxylic acids is 1. The monoisotopic (exact) mass is 386 g/mol. The van der Waals surface area contributed by atoms with Crippen LogP contribution in [0.2, 0.25) is 0 Å². The Morgan fingerprint density at radius 2 is 1.69 bits per heavy atom. The molecule has 0 saturated carbocycles. The van der Waals surface area contributed by atoms with Crippen molar-refractivity contribution in [1.29, 1.82) is 0 Å². The molecule has 0 unspecified atom stereocenters. The highest BCUT2D eigenvalue weighted by molar-refractivity contribution is 5.91. The van der Waals surface area contributed by atoms with Gasteiger partial charge in [0.15, 0.2) is 5.76 Å². The lowest BCUT2D eigenvalue weighted by atomic mass is 10.0. The van der Waals surface area contributed by atoms with Crippen molar-refractivity contribution in [3.05, 3.63) is 84.3 Å². The summed E-state index contributed by atoms with van der Waals surface area (Å²) in [5.41, 5.74) is 8.86. The Balaban J connectivity index is 1.49. The van der Waals surface area contributed by atoms with Crippen LogP contribution >= 0.6 is 0 Å². The van der Waals surface area contributed by atoms with E-state index in [-0.39, 0.29) is 12.5 Å². The zero-order valence-corrected chi connectivity index (χ0v) is 16.4. The second kappa shape index (κ2) is 7.72. The van der Waals surface area contributed by atoms with Gasteiger partial charge in [-0.1, -0.05) is 30.3 Å². The van der Waals surface area contributed by atoms with Crippen LogP contribution in [0.4, 0.5) is 5.69 Å². The number of rotatable bonds is 5. The molecule has 5 nitrogen and oxygen atoms in total. The van der Waals surface area contributed by atoms with Crippen molar-refractivity contribution >= 4 is 22.4 Å². The second-order valence-electron chi connectivity index (χ2n) is 7.10. The maximum absolute atomic E-state index is 11.9. The molecular weight excluding hydrogens is 364 g/mol. The van der Waals surface area contributed by atoms with Gasteiger partial charge in [0.05, 0.1) is 0 Å². The van der Waals surface area contributed by atoms with Crippen LogP contribution in [0.15, 0.2) is 77.2 Å². The van der Waals surface area contributed by atoms with Gasteiger partial charge in [0, 0.05) is 19.8 Å². The van der Waals surface area contributed by atoms with Gasteiger partial charge in [-0.15, -0.1) is 0 Å². The maximum atomic E-state index is 11.9. The lowest BCUT2D eigenvalue weighted by molar-refractivity contribution is 0.0792. The summed E-state index contributed by atoms with van der Waals surface area (Å²) < 4.78 is 11.4. The first-order valence-electron chi connectivity index (χ1n) is 9.32. The van der Waals surface area contributed by atoms with Crippen LogP contribution in [-0.2, 0) is 6.61 Å². The van der Waals surface area contributed by atoms with Crippen molar-refractivity contribution in [2.24, 2.45) is 0 Å². The van der Waals surface area contributed by atoms with E-state index in [0.29, 0.717) is 11.5 Å². The summed E-state index contributed by atoms with van der Waals surface area (Å²) in [5, 5.41) is 2.20. The van der Waals surface area contributed by atoms with Gasteiger partial charge in [-0.2, -0.15) is 0 Å². The third kappa shape index (κ3) is 4.09. The van der Waals surface area contributed by atoms with Crippen LogP contribution in [0.5, 0.6) is 5.75 Å². The molecule has 0 atom stereocenters. The third-order valence-corrected chi connectivity index (χ3v) is 4.69. The van der Waals surface area contributed by atoms with Crippen LogP contribution in [0.25, 0.3) is 21.9 Å². The van der Waals surface area contributed by atoms with Gasteiger partial charge in [0.2, 0.25) is 0 Å². The summed E-state index contributed by atoms with van der Waals surface area (Å²) >= 11 is 0. The molecule has 0 spiro atoms. The average Bonchev–Trinajstić information content (AvgIpc) is 3.20. The van der Waals surface area contributed by atoms with Crippen molar-refractivity contribution < 1.29 is 13.9 Å². The minimum Gasteiger partial charge on any atom is -0.486 e. The Morgan fingerprint density at radius 3 is 2.48 bits per heavy atom. The van der Waals surface area contributed by atoms with E-state index >= 15 is 0 Å². The first-order chi connectivity index (χ1) is 14.0. The molecule has 1 amide bonds. The molecule has 0 aliphatic carbocycles. The van der Waals surface area contributed by atoms with E-state index < -0.39 is 0 Å². The Bertz CT molecular complexity index is 1180. The largest absolute Gasteiger partial charge is 0.486 e. The Labute approximate surface area is 169 Å². The summed E-state index contributed by atoms with van der Waals surface area (Å²) in [6.07, 6.45) is 0. The third-order valence-electron chi connectivity index (χ3n) is 4.69. The van der Waals surface area contributed by atoms with E-state index in [1.165, 1.54) is 4.90 Å². The smallest absolute Gasteiger partial charge is 0.289 e. The molecular formula is C24H22N2O3. The number of nitrogens with two attached hydrogens (primary N) is 1. The SMILES string of the molecule is CN(C)C(=O)c1ccc(COc2ccc3cc(-c4cccc(N)c4)ccc3c2)o1. The molecule has 0 aliphatic heterocycles. The number of ether oxygens (including phenoxy) is 1. The Morgan fingerprint density at radius 1 is 0.931 bits per heavy atom. The number of anilines is 1. The van der Waals surface area contributed by atoms with Crippen LogP contribution in [0.1, 0.15) is 16.3 Å². The van der Waals surface area contributed by atoms with E-state index in [4.69, 9.17) is 14.9 Å². The number of nitrogens with zero attached hydrogens (tertiary/aromatic N) is 1. The first-order valence-corrected chi connectivity index (χ1v) is 9.32. The standard InChI is InChI=1S/C24H22N2O3/c1-26(2)24(27)23-11-10-22(29-23)15-28-21-9-8-18-12-17(6-7-19(18)14-21)16-4-3-5-20(25)13-16/h3-14H,15,25H2,1-2H3. The fourth-order valence-corrected chi connectivity index (χ4v) is 3.16. The molecule has 1 heterocycles. The highest BCUT2D eigenvalue weighted by Crippen LogP contribution is 2.28. The topological polar surface area (TPSA) is 68.7 Å². The normalized spacial score (nSPS) is 10.8. The van der Waals surface area contributed by atoms with Gasteiger partial charge < -0.3 is 19.8 Å². The quantitative estimate of drug-likeness (QED) is 0.492. The fourth-order valence-electron chi connectivity index (χ4n) is 3.16. The minimum absolute atomic E-state index is 0.169. The number of furan rings is 1. The molecule has 4 rings (SSSR count). The van der Waals surface area contributed by atoms with Gasteiger partial charge in [-0.25, -0.2) is 0 Å². The second-order valence-corrected chi connectivity index (χ2v) is 7.10. The van der Waals surface area contributed by atoms with E-state index in [9.17, 15) is 4.79 Å². The molecule has 0 bridgehead atoms. The number of carbonyl (C=O) groups is 1. The van der Waals surface area contributed by atoms with Gasteiger partial charge in [0.25, 0.3) is 5.91 Å². The average molecular weight is 386 g/mol. The summed E-state index contributed by atoms with van der Waals surface area (Å²) in [6.45, 7) is 0.258. The molecule has 0 fully saturated rings. The molecule has 29 heavy (non-hydrogen) atoms. The van der Waals surface area contributed by atoms with Crippen molar-refractivity contribution in [3.8, 4) is 16.9 Å². The summed E-state index contributed by atoms with van der Waals surface area (Å²) in [6, 6.07) is 23.5. The molecule has 4 aromatic rings. The van der Waals surface area contributed by atoms with Gasteiger partial charge in [-0.05, 0) is 64.4 Å². The maximum Gasteiger partial charge on any atom is 0.289 e. The number of hydrogen-bond donors (Lipinski definition) is 1. The van der Waals surface area contributed by atoms with Crippen LogP contribution in [-0.4, -0.2) is 24.9 Å². The lowest BCUT2D eigenvalue weighted by Crippen LogP contribution is -2.20. The molecule has 3 aromatic carbocycles. The van der Waals surface area contributed by atoms with E-state index in [1.54, 1.807) is 26.2 Å². The Kier molecular flexibility index (Phi) is 4.96. The van der Waals surface area contributed by atoms with Gasteiger partial charge in [-0.3, -0.25) is 4.79 Å². The molecule has 146 valence electrons. The molecule has 1 aromatic heterocycles. The number of nitrogen functional groups attached to an aromatic ring is 1. The first kappa shape index (κ1) is 18.6. The van der Waals surface area contributed by atoms with Crippen molar-refractivity contribution in [1.82, 2.24) is 4.90 Å². The van der Waals surface area contributed by atoms with Crippen molar-refractivity contribution in [2.45, 2.75) is 6.61 Å². The predicted molar refractivity (Wildman–Crippen MR) is 115 cm³/mol. The van der Waals surface area contributed by atoms with E-state index in [2.05, 4.69) is 18.2 Å². The van der Waals surface area contributed by atoms with Gasteiger partial charge in [0.1, 0.15) is 18.1 Å². The lowest BCUT2D eigenvalue weighted by Gasteiger charge is -2.09. The number of amides is 1. The highest BCUT2D eigenvalue weighted by Gasteiger charge is 2.13. The summed E-state index contributed by atoms with van der Waals surface area (Å²) in [7, 11) is 3.38. The Hall–Kier alpha value is -3.73. The van der Waals surface area contributed by atoms with Crippen LogP contribution in [0.3, 0.4) is 0 Å². The molecule has 2 N–H and O–H groups in total. The molecule has 0 aliphatic rings. The van der Waals surface area contributed by atoms with Crippen LogP contribution < -0.4 is 10.5 Å². The molecule has 0 radical (unpaired) electrons. The summed E-state index contributed by atoms with van der Waals surface area (Å²) in [4.78, 5) is 13.4. The van der Waals surface area contributed by atoms with E-state index in [1.807, 2.05) is 42.5 Å². The van der Waals surface area contributed by atoms with E-state index in [0.717, 1.165) is 33.3 Å². The van der Waals surface area contributed by atoms with Crippen molar-refractivity contribution in [3.63, 3.8) is 0 Å². The van der Waals surface area contributed by atoms with Crippen molar-refractivity contribution in [2.75, 3.05) is 19.8 Å². The highest BCUT2D eigenvalue weighted by atomic mass is 16.5. The minimum atomic E-state index is -0.169. The van der Waals surface area contributed by atoms with Crippen LogP contribution in [0, 0.1) is 0 Å². The number of benzene rings is 3.